The van der Waals surface area contributed by atoms with E-state index in [1.165, 1.54) is 0 Å². The smallest absolute Gasteiger partial charge is 0.323 e. The minimum absolute atomic E-state index is 0.0250. The molecule has 0 unspecified atom stereocenters. The quantitative estimate of drug-likeness (QED) is 0.843. The number of urea groups is 1. The monoisotopic (exact) mass is 219 g/mol. The van der Waals surface area contributed by atoms with Crippen LogP contribution in [-0.4, -0.2) is 23.6 Å². The zero-order valence-electron chi connectivity index (χ0n) is 9.52. The van der Waals surface area contributed by atoms with E-state index in [0.29, 0.717) is 6.04 Å². The molecule has 0 bridgehead atoms. The van der Waals surface area contributed by atoms with Crippen LogP contribution in [0.4, 0.5) is 10.6 Å². The number of carbonyl (C=O) groups excluding carboxylic acids is 1. The summed E-state index contributed by atoms with van der Waals surface area (Å²) in [6, 6.07) is 5.96. The Morgan fingerprint density at radius 3 is 2.94 bits per heavy atom. The minimum Gasteiger partial charge on any atom is -0.338 e. The van der Waals surface area contributed by atoms with Crippen molar-refractivity contribution >= 4 is 11.8 Å². The predicted molar refractivity (Wildman–Crippen MR) is 63.4 cm³/mol. The van der Waals surface area contributed by atoms with Crippen LogP contribution in [0.3, 0.4) is 0 Å². The Bertz CT molecular complexity index is 349. The SMILES string of the molecule is CCCNC(=O)N(c1ccccn1)C1CC1. The molecule has 1 N–H and O–H groups in total. The molecule has 1 aromatic rings. The zero-order valence-corrected chi connectivity index (χ0v) is 9.52. The fourth-order valence-electron chi connectivity index (χ4n) is 1.60. The van der Waals surface area contributed by atoms with Gasteiger partial charge in [0, 0.05) is 18.8 Å². The van der Waals surface area contributed by atoms with Gasteiger partial charge in [0.1, 0.15) is 5.82 Å². The number of pyridine rings is 1. The van der Waals surface area contributed by atoms with Crippen LogP contribution in [0.1, 0.15) is 26.2 Å². The van der Waals surface area contributed by atoms with Crippen molar-refractivity contribution in [2.45, 2.75) is 32.2 Å². The van der Waals surface area contributed by atoms with Crippen molar-refractivity contribution in [3.05, 3.63) is 24.4 Å². The summed E-state index contributed by atoms with van der Waals surface area (Å²) in [5.41, 5.74) is 0. The van der Waals surface area contributed by atoms with Gasteiger partial charge >= 0.3 is 6.03 Å². The van der Waals surface area contributed by atoms with Gasteiger partial charge in [-0.2, -0.15) is 0 Å². The van der Waals surface area contributed by atoms with E-state index in [2.05, 4.69) is 10.3 Å². The van der Waals surface area contributed by atoms with Gasteiger partial charge in [-0.25, -0.2) is 9.78 Å². The van der Waals surface area contributed by atoms with E-state index in [1.54, 1.807) is 11.1 Å². The highest BCUT2D eigenvalue weighted by atomic mass is 16.2. The first-order chi connectivity index (χ1) is 7.83. The van der Waals surface area contributed by atoms with Crippen molar-refractivity contribution < 1.29 is 4.79 Å². The van der Waals surface area contributed by atoms with E-state index >= 15 is 0 Å². The molecule has 2 rings (SSSR count). The molecule has 0 spiro atoms. The molecule has 1 aliphatic rings. The number of hydrogen-bond donors (Lipinski definition) is 1. The maximum absolute atomic E-state index is 12.0. The number of anilines is 1. The molecule has 4 heteroatoms. The predicted octanol–water partition coefficient (Wildman–Crippen LogP) is 2.17. The van der Waals surface area contributed by atoms with Crippen molar-refractivity contribution in [1.82, 2.24) is 10.3 Å². The van der Waals surface area contributed by atoms with Gasteiger partial charge in [0.25, 0.3) is 0 Å². The summed E-state index contributed by atoms with van der Waals surface area (Å²) in [7, 11) is 0. The number of aromatic nitrogens is 1. The molecule has 1 heterocycles. The van der Waals surface area contributed by atoms with Crippen molar-refractivity contribution in [3.63, 3.8) is 0 Å². The highest BCUT2D eigenvalue weighted by molar-refractivity contribution is 5.92. The topological polar surface area (TPSA) is 45.2 Å². The lowest BCUT2D eigenvalue weighted by Crippen LogP contribution is -2.42. The molecule has 0 aromatic carbocycles. The standard InChI is InChI=1S/C12H17N3O/c1-2-8-14-12(16)15(10-6-7-10)11-5-3-4-9-13-11/h3-5,9-10H,2,6-8H2,1H3,(H,14,16). The number of rotatable bonds is 4. The largest absolute Gasteiger partial charge is 0.338 e. The molecule has 4 nitrogen and oxygen atoms in total. The van der Waals surface area contributed by atoms with E-state index in [-0.39, 0.29) is 6.03 Å². The van der Waals surface area contributed by atoms with Crippen molar-refractivity contribution in [2.75, 3.05) is 11.4 Å². The molecule has 0 aliphatic heterocycles. The van der Waals surface area contributed by atoms with E-state index in [4.69, 9.17) is 0 Å². The summed E-state index contributed by atoms with van der Waals surface area (Å²) in [6.07, 6.45) is 4.83. The van der Waals surface area contributed by atoms with Gasteiger partial charge < -0.3 is 5.32 Å². The number of amides is 2. The average Bonchev–Trinajstić information content (AvgIpc) is 3.12. The van der Waals surface area contributed by atoms with Crippen LogP contribution in [0, 0.1) is 0 Å². The van der Waals surface area contributed by atoms with Gasteiger partial charge in [0.2, 0.25) is 0 Å². The second-order valence-corrected chi connectivity index (χ2v) is 4.02. The molecular formula is C12H17N3O. The van der Waals surface area contributed by atoms with Crippen molar-refractivity contribution in [2.24, 2.45) is 0 Å². The summed E-state index contributed by atoms with van der Waals surface area (Å²) in [4.78, 5) is 18.0. The fraction of sp³-hybridized carbons (Fsp3) is 0.500. The van der Waals surface area contributed by atoms with Gasteiger partial charge in [0.15, 0.2) is 0 Å². The molecule has 0 atom stereocenters. The molecule has 1 aromatic heterocycles. The third-order valence-electron chi connectivity index (χ3n) is 2.55. The average molecular weight is 219 g/mol. The van der Waals surface area contributed by atoms with Crippen LogP contribution in [0.25, 0.3) is 0 Å². The first-order valence-corrected chi connectivity index (χ1v) is 5.81. The number of carbonyl (C=O) groups is 1. The van der Waals surface area contributed by atoms with E-state index in [1.807, 2.05) is 25.1 Å². The molecule has 0 saturated heterocycles. The number of nitrogens with zero attached hydrogens (tertiary/aromatic N) is 2. The van der Waals surface area contributed by atoms with Crippen LogP contribution < -0.4 is 10.2 Å². The van der Waals surface area contributed by atoms with Crippen LogP contribution in [0.5, 0.6) is 0 Å². The molecule has 1 saturated carbocycles. The normalized spacial score (nSPS) is 14.6. The fourth-order valence-corrected chi connectivity index (χ4v) is 1.60. The summed E-state index contributed by atoms with van der Waals surface area (Å²) >= 11 is 0. The minimum atomic E-state index is -0.0250. The van der Waals surface area contributed by atoms with E-state index in [0.717, 1.165) is 31.6 Å². The Balaban J connectivity index is 2.08. The summed E-state index contributed by atoms with van der Waals surface area (Å²) in [5.74, 6) is 0.749. The molecule has 0 radical (unpaired) electrons. The van der Waals surface area contributed by atoms with Gasteiger partial charge in [-0.05, 0) is 31.4 Å². The Morgan fingerprint density at radius 2 is 2.38 bits per heavy atom. The van der Waals surface area contributed by atoms with Gasteiger partial charge in [-0.1, -0.05) is 13.0 Å². The Hall–Kier alpha value is -1.58. The highest BCUT2D eigenvalue weighted by Crippen LogP contribution is 2.30. The van der Waals surface area contributed by atoms with Crippen LogP contribution in [-0.2, 0) is 0 Å². The number of nitrogens with one attached hydrogen (secondary N) is 1. The summed E-state index contributed by atoms with van der Waals surface area (Å²) in [6.45, 7) is 2.76. The van der Waals surface area contributed by atoms with E-state index < -0.39 is 0 Å². The zero-order chi connectivity index (χ0) is 11.4. The Labute approximate surface area is 95.7 Å². The maximum atomic E-state index is 12.0. The van der Waals surface area contributed by atoms with Gasteiger partial charge in [0.05, 0.1) is 0 Å². The highest BCUT2D eigenvalue weighted by Gasteiger charge is 2.34. The second-order valence-electron chi connectivity index (χ2n) is 4.02. The maximum Gasteiger partial charge on any atom is 0.323 e. The third kappa shape index (κ3) is 2.51. The Morgan fingerprint density at radius 1 is 1.56 bits per heavy atom. The third-order valence-corrected chi connectivity index (χ3v) is 2.55. The first kappa shape index (κ1) is 10.9. The molecule has 86 valence electrons. The molecule has 2 amide bonds. The lowest BCUT2D eigenvalue weighted by Gasteiger charge is -2.21. The lowest BCUT2D eigenvalue weighted by atomic mass is 10.4. The number of hydrogen-bond acceptors (Lipinski definition) is 2. The van der Waals surface area contributed by atoms with Crippen molar-refractivity contribution in [1.29, 1.82) is 0 Å². The summed E-state index contributed by atoms with van der Waals surface area (Å²) < 4.78 is 0. The first-order valence-electron chi connectivity index (χ1n) is 5.81. The second kappa shape index (κ2) is 4.96. The van der Waals surface area contributed by atoms with E-state index in [9.17, 15) is 4.79 Å². The van der Waals surface area contributed by atoms with Crippen LogP contribution in [0.2, 0.25) is 0 Å². The van der Waals surface area contributed by atoms with Gasteiger partial charge in [-0.15, -0.1) is 0 Å². The van der Waals surface area contributed by atoms with Crippen LogP contribution >= 0.6 is 0 Å². The Kier molecular flexibility index (Phi) is 3.39. The van der Waals surface area contributed by atoms with Gasteiger partial charge in [-0.3, -0.25) is 4.90 Å². The molecule has 1 aliphatic carbocycles. The molecule has 1 fully saturated rings. The molecular weight excluding hydrogens is 202 g/mol. The molecule has 16 heavy (non-hydrogen) atoms. The lowest BCUT2D eigenvalue weighted by molar-refractivity contribution is 0.246. The van der Waals surface area contributed by atoms with Crippen LogP contribution in [0.15, 0.2) is 24.4 Å². The van der Waals surface area contributed by atoms with Crippen molar-refractivity contribution in [3.8, 4) is 0 Å². The summed E-state index contributed by atoms with van der Waals surface area (Å²) in [5, 5.41) is 2.90.